The molecule has 2 heterocycles. The number of nitrogens with zero attached hydrogens (tertiary/aromatic N) is 3. The Labute approximate surface area is 163 Å². The van der Waals surface area contributed by atoms with Gasteiger partial charge in [0.25, 0.3) is 0 Å². The number of halogens is 4. The second kappa shape index (κ2) is 8.61. The average molecular weight is 416 g/mol. The third-order valence-electron chi connectivity index (χ3n) is 3.96. The molecule has 1 aliphatic rings. The Morgan fingerprint density at radius 2 is 2.00 bits per heavy atom. The quantitative estimate of drug-likeness (QED) is 0.801. The van der Waals surface area contributed by atoms with Crippen molar-refractivity contribution in [1.29, 1.82) is 0 Å². The number of alkyl halides is 3. The number of nitrogens with one attached hydrogen (secondary N) is 2. The molecule has 0 spiro atoms. The molecule has 2 amide bonds. The lowest BCUT2D eigenvalue weighted by Crippen LogP contribution is -2.37. The summed E-state index contributed by atoms with van der Waals surface area (Å²) in [5, 5.41) is 4.42. The van der Waals surface area contributed by atoms with Crippen LogP contribution in [0, 0.1) is 0 Å². The van der Waals surface area contributed by atoms with Crippen LogP contribution in [0.2, 0.25) is 5.02 Å². The fraction of sp³-hybridized carbons (Fsp3) is 0.353. The zero-order chi connectivity index (χ0) is 20.1. The van der Waals surface area contributed by atoms with E-state index in [1.807, 2.05) is 4.90 Å². The monoisotopic (exact) mass is 415 g/mol. The molecular weight excluding hydrogens is 399 g/mol. The van der Waals surface area contributed by atoms with Crippen LogP contribution in [0.4, 0.5) is 29.5 Å². The minimum Gasteiger partial charge on any atom is -0.378 e. The normalized spacial score (nSPS) is 14.6. The molecule has 1 fully saturated rings. The molecule has 2 N–H and O–H groups in total. The first-order chi connectivity index (χ1) is 13.3. The molecule has 11 heteroatoms. The maximum Gasteiger partial charge on any atom is 0.417 e. The number of hydrogen-bond acceptors (Lipinski definition) is 5. The van der Waals surface area contributed by atoms with E-state index >= 15 is 0 Å². The van der Waals surface area contributed by atoms with E-state index in [1.54, 1.807) is 12.3 Å². The predicted octanol–water partition coefficient (Wildman–Crippen LogP) is 3.31. The van der Waals surface area contributed by atoms with Crippen molar-refractivity contribution in [2.45, 2.75) is 12.7 Å². The molecule has 0 unspecified atom stereocenters. The van der Waals surface area contributed by atoms with Gasteiger partial charge < -0.3 is 20.3 Å². The third-order valence-corrected chi connectivity index (χ3v) is 4.29. The van der Waals surface area contributed by atoms with Gasteiger partial charge >= 0.3 is 12.2 Å². The third kappa shape index (κ3) is 5.23. The summed E-state index contributed by atoms with van der Waals surface area (Å²) in [5.41, 5.74) is -1.05. The van der Waals surface area contributed by atoms with Gasteiger partial charge in [-0.05, 0) is 24.3 Å². The standard InChI is InChI=1S/C17H17ClF3N5O2/c18-13-2-1-11(9-12(13)17(19,20)21)24-16(27)23-10-14-22-4-3-15(25-14)26-5-7-28-8-6-26/h1-4,9H,5-8,10H2,(H2,23,24,27). The van der Waals surface area contributed by atoms with Crippen molar-refractivity contribution in [3.63, 3.8) is 0 Å². The zero-order valence-electron chi connectivity index (χ0n) is 14.6. The van der Waals surface area contributed by atoms with Gasteiger partial charge in [0, 0.05) is 25.0 Å². The Bertz CT molecular complexity index is 844. The Hall–Kier alpha value is -2.59. The fourth-order valence-corrected chi connectivity index (χ4v) is 2.82. The number of carbonyl (C=O) groups excluding carboxylic acids is 1. The summed E-state index contributed by atoms with van der Waals surface area (Å²) in [4.78, 5) is 22.5. The van der Waals surface area contributed by atoms with Crippen LogP contribution in [-0.4, -0.2) is 42.3 Å². The van der Waals surface area contributed by atoms with E-state index in [2.05, 4.69) is 20.6 Å². The smallest absolute Gasteiger partial charge is 0.378 e. The number of rotatable bonds is 4. The van der Waals surface area contributed by atoms with Crippen LogP contribution in [0.15, 0.2) is 30.5 Å². The van der Waals surface area contributed by atoms with E-state index in [-0.39, 0.29) is 12.2 Å². The van der Waals surface area contributed by atoms with Gasteiger partial charge in [-0.2, -0.15) is 13.2 Å². The van der Waals surface area contributed by atoms with Crippen LogP contribution in [0.3, 0.4) is 0 Å². The van der Waals surface area contributed by atoms with Crippen LogP contribution in [0.25, 0.3) is 0 Å². The Morgan fingerprint density at radius 3 is 2.71 bits per heavy atom. The lowest BCUT2D eigenvalue weighted by atomic mass is 10.2. The minimum absolute atomic E-state index is 0.0176. The molecule has 150 valence electrons. The van der Waals surface area contributed by atoms with Gasteiger partial charge in [-0.15, -0.1) is 0 Å². The summed E-state index contributed by atoms with van der Waals surface area (Å²) in [5.74, 6) is 1.11. The highest BCUT2D eigenvalue weighted by Crippen LogP contribution is 2.36. The Kier molecular flexibility index (Phi) is 6.20. The molecule has 28 heavy (non-hydrogen) atoms. The van der Waals surface area contributed by atoms with Crippen molar-refractivity contribution in [2.75, 3.05) is 36.5 Å². The lowest BCUT2D eigenvalue weighted by Gasteiger charge is -2.27. The maximum absolute atomic E-state index is 12.9. The van der Waals surface area contributed by atoms with Crippen molar-refractivity contribution >= 4 is 29.1 Å². The number of anilines is 2. The molecule has 0 aliphatic carbocycles. The Morgan fingerprint density at radius 1 is 1.25 bits per heavy atom. The summed E-state index contributed by atoms with van der Waals surface area (Å²) < 4.78 is 44.0. The summed E-state index contributed by atoms with van der Waals surface area (Å²) in [6.45, 7) is 2.66. The van der Waals surface area contributed by atoms with E-state index in [4.69, 9.17) is 16.3 Å². The first kappa shape index (κ1) is 20.2. The SMILES string of the molecule is O=C(NCc1nccc(N2CCOCC2)n1)Nc1ccc(Cl)c(C(F)(F)F)c1. The first-order valence-corrected chi connectivity index (χ1v) is 8.77. The van der Waals surface area contributed by atoms with Crippen LogP contribution in [0.1, 0.15) is 11.4 Å². The van der Waals surface area contributed by atoms with Crippen molar-refractivity contribution in [2.24, 2.45) is 0 Å². The van der Waals surface area contributed by atoms with Gasteiger partial charge in [-0.25, -0.2) is 14.8 Å². The molecular formula is C17H17ClF3N5O2. The molecule has 0 atom stereocenters. The number of ether oxygens (including phenoxy) is 1. The highest BCUT2D eigenvalue weighted by molar-refractivity contribution is 6.31. The second-order valence-corrected chi connectivity index (χ2v) is 6.34. The average Bonchev–Trinajstić information content (AvgIpc) is 2.68. The number of morpholine rings is 1. The highest BCUT2D eigenvalue weighted by Gasteiger charge is 2.33. The number of aromatic nitrogens is 2. The molecule has 0 bridgehead atoms. The van der Waals surface area contributed by atoms with Gasteiger partial charge in [0.1, 0.15) is 11.6 Å². The van der Waals surface area contributed by atoms with Crippen LogP contribution in [0.5, 0.6) is 0 Å². The second-order valence-electron chi connectivity index (χ2n) is 5.93. The van der Waals surface area contributed by atoms with E-state index < -0.39 is 22.8 Å². The molecule has 0 radical (unpaired) electrons. The van der Waals surface area contributed by atoms with Crippen molar-refractivity contribution in [1.82, 2.24) is 15.3 Å². The molecule has 1 saturated heterocycles. The van der Waals surface area contributed by atoms with E-state index in [1.165, 1.54) is 6.07 Å². The summed E-state index contributed by atoms with van der Waals surface area (Å²) in [6.07, 6.45) is -3.03. The Balaban J connectivity index is 1.59. The van der Waals surface area contributed by atoms with Gasteiger partial charge in [0.2, 0.25) is 0 Å². The molecule has 0 saturated carbocycles. The highest BCUT2D eigenvalue weighted by atomic mass is 35.5. The van der Waals surface area contributed by atoms with Crippen molar-refractivity contribution < 1.29 is 22.7 Å². The number of urea groups is 1. The van der Waals surface area contributed by atoms with Crippen LogP contribution >= 0.6 is 11.6 Å². The first-order valence-electron chi connectivity index (χ1n) is 8.39. The number of hydrogen-bond donors (Lipinski definition) is 2. The minimum atomic E-state index is -4.61. The zero-order valence-corrected chi connectivity index (χ0v) is 15.3. The number of carbonyl (C=O) groups is 1. The topological polar surface area (TPSA) is 79.4 Å². The molecule has 7 nitrogen and oxygen atoms in total. The summed E-state index contributed by atoms with van der Waals surface area (Å²) in [6, 6.07) is 4.22. The fourth-order valence-electron chi connectivity index (χ4n) is 2.60. The van der Waals surface area contributed by atoms with Crippen molar-refractivity contribution in [3.8, 4) is 0 Å². The number of amides is 2. The molecule has 3 rings (SSSR count). The number of benzene rings is 1. The van der Waals surface area contributed by atoms with Crippen LogP contribution < -0.4 is 15.5 Å². The molecule has 1 aliphatic heterocycles. The molecule has 1 aromatic carbocycles. The maximum atomic E-state index is 12.9. The largest absolute Gasteiger partial charge is 0.417 e. The van der Waals surface area contributed by atoms with Crippen molar-refractivity contribution in [3.05, 3.63) is 46.9 Å². The van der Waals surface area contributed by atoms with E-state index in [0.29, 0.717) is 32.1 Å². The van der Waals surface area contributed by atoms with Gasteiger partial charge in [-0.1, -0.05) is 11.6 Å². The summed E-state index contributed by atoms with van der Waals surface area (Å²) >= 11 is 5.56. The lowest BCUT2D eigenvalue weighted by molar-refractivity contribution is -0.137. The molecule has 1 aromatic heterocycles. The van der Waals surface area contributed by atoms with Gasteiger partial charge in [0.15, 0.2) is 0 Å². The van der Waals surface area contributed by atoms with Crippen LogP contribution in [-0.2, 0) is 17.5 Å². The summed E-state index contributed by atoms with van der Waals surface area (Å²) in [7, 11) is 0. The van der Waals surface area contributed by atoms with E-state index in [9.17, 15) is 18.0 Å². The van der Waals surface area contributed by atoms with Gasteiger partial charge in [-0.3, -0.25) is 0 Å². The van der Waals surface area contributed by atoms with Gasteiger partial charge in [0.05, 0.1) is 30.3 Å². The van der Waals surface area contributed by atoms with E-state index in [0.717, 1.165) is 18.0 Å². The predicted molar refractivity (Wildman–Crippen MR) is 97.4 cm³/mol. The molecule has 2 aromatic rings.